The Bertz CT molecular complexity index is 262. The van der Waals surface area contributed by atoms with E-state index in [1.54, 1.807) is 18.3 Å². The number of rotatable bonds is 2. The Morgan fingerprint density at radius 3 is 3.00 bits per heavy atom. The molecule has 0 aliphatic carbocycles. The van der Waals surface area contributed by atoms with Crippen LogP contribution in [0.5, 0.6) is 0 Å². The molecule has 0 bridgehead atoms. The van der Waals surface area contributed by atoms with E-state index in [1.807, 2.05) is 6.07 Å². The lowest BCUT2D eigenvalue weighted by atomic mass is 10.4. The average Bonchev–Trinajstić information content (AvgIpc) is 2.04. The lowest BCUT2D eigenvalue weighted by molar-refractivity contribution is 1.14. The van der Waals surface area contributed by atoms with E-state index in [1.165, 1.54) is 11.8 Å². The van der Waals surface area contributed by atoms with Crippen molar-refractivity contribution >= 4 is 17.4 Å². The van der Waals surface area contributed by atoms with E-state index in [9.17, 15) is 0 Å². The zero-order valence-electron chi connectivity index (χ0n) is 5.82. The van der Waals surface area contributed by atoms with Crippen molar-refractivity contribution in [3.63, 3.8) is 0 Å². The molecule has 0 radical (unpaired) electrons. The minimum absolute atomic E-state index is 0.427. The van der Waals surface area contributed by atoms with Crippen molar-refractivity contribution in [1.29, 1.82) is 5.26 Å². The second kappa shape index (κ2) is 3.84. The normalized spacial score (nSPS) is 9.00. The van der Waals surface area contributed by atoms with Gasteiger partial charge in [0.15, 0.2) is 0 Å². The van der Waals surface area contributed by atoms with Crippen LogP contribution in [0.4, 0.5) is 5.69 Å². The molecule has 4 heteroatoms. The van der Waals surface area contributed by atoms with Crippen molar-refractivity contribution in [2.24, 2.45) is 0 Å². The number of anilines is 1. The average molecular weight is 165 g/mol. The third-order valence-corrected chi connectivity index (χ3v) is 1.85. The minimum Gasteiger partial charge on any atom is -0.397 e. The van der Waals surface area contributed by atoms with Gasteiger partial charge in [0.25, 0.3) is 0 Å². The topological polar surface area (TPSA) is 62.7 Å². The van der Waals surface area contributed by atoms with Gasteiger partial charge in [-0.1, -0.05) is 11.8 Å². The molecule has 0 fully saturated rings. The quantitative estimate of drug-likeness (QED) is 0.670. The Morgan fingerprint density at radius 2 is 2.45 bits per heavy atom. The summed E-state index contributed by atoms with van der Waals surface area (Å²) >= 11 is 1.40. The van der Waals surface area contributed by atoms with Gasteiger partial charge in [-0.2, -0.15) is 5.26 Å². The first-order chi connectivity index (χ1) is 5.33. The number of thioether (sulfide) groups is 1. The van der Waals surface area contributed by atoms with E-state index in [0.717, 1.165) is 5.03 Å². The fourth-order valence-electron chi connectivity index (χ4n) is 0.583. The van der Waals surface area contributed by atoms with Gasteiger partial charge < -0.3 is 5.73 Å². The summed E-state index contributed by atoms with van der Waals surface area (Å²) in [6, 6.07) is 5.60. The molecular formula is C7H7N3S. The summed E-state index contributed by atoms with van der Waals surface area (Å²) in [6.45, 7) is 0. The fraction of sp³-hybridized carbons (Fsp3) is 0.143. The van der Waals surface area contributed by atoms with Crippen molar-refractivity contribution in [3.8, 4) is 6.07 Å². The maximum atomic E-state index is 8.26. The molecule has 0 amide bonds. The standard InChI is InChI=1S/C7H7N3S/c8-3-4-11-7-2-1-6(9)5-10-7/h1-2,5H,4,9H2. The SMILES string of the molecule is N#CCSc1ccc(N)cn1. The van der Waals surface area contributed by atoms with Crippen LogP contribution in [0.15, 0.2) is 23.4 Å². The highest BCUT2D eigenvalue weighted by atomic mass is 32.2. The van der Waals surface area contributed by atoms with E-state index in [-0.39, 0.29) is 0 Å². The lowest BCUT2D eigenvalue weighted by Gasteiger charge is -1.95. The van der Waals surface area contributed by atoms with Crippen molar-refractivity contribution in [1.82, 2.24) is 4.98 Å². The molecule has 2 N–H and O–H groups in total. The zero-order valence-corrected chi connectivity index (χ0v) is 6.64. The molecular weight excluding hydrogens is 158 g/mol. The first-order valence-electron chi connectivity index (χ1n) is 3.04. The number of hydrogen-bond donors (Lipinski definition) is 1. The van der Waals surface area contributed by atoms with E-state index in [4.69, 9.17) is 11.0 Å². The molecule has 3 nitrogen and oxygen atoms in total. The molecule has 0 aliphatic rings. The Hall–Kier alpha value is -1.21. The Morgan fingerprint density at radius 1 is 1.64 bits per heavy atom. The molecule has 0 saturated heterocycles. The predicted molar refractivity (Wildman–Crippen MR) is 45.0 cm³/mol. The number of nitriles is 1. The van der Waals surface area contributed by atoms with Gasteiger partial charge in [-0.05, 0) is 12.1 Å². The molecule has 0 atom stereocenters. The highest BCUT2D eigenvalue weighted by Crippen LogP contribution is 2.14. The van der Waals surface area contributed by atoms with Crippen LogP contribution in [-0.2, 0) is 0 Å². The molecule has 1 aromatic rings. The molecule has 1 heterocycles. The molecule has 0 unspecified atom stereocenters. The van der Waals surface area contributed by atoms with Crippen LogP contribution in [0.2, 0.25) is 0 Å². The monoisotopic (exact) mass is 165 g/mol. The highest BCUT2D eigenvalue weighted by Gasteiger charge is 1.92. The number of nitrogen functional groups attached to an aromatic ring is 1. The van der Waals surface area contributed by atoms with Crippen LogP contribution in [0, 0.1) is 11.3 Å². The first kappa shape index (κ1) is 7.89. The van der Waals surface area contributed by atoms with Crippen molar-refractivity contribution in [2.45, 2.75) is 5.03 Å². The van der Waals surface area contributed by atoms with E-state index in [2.05, 4.69) is 4.98 Å². The Kier molecular flexibility index (Phi) is 2.75. The molecule has 11 heavy (non-hydrogen) atoms. The summed E-state index contributed by atoms with van der Waals surface area (Å²) in [5.74, 6) is 0.427. The van der Waals surface area contributed by atoms with Crippen LogP contribution in [0.1, 0.15) is 0 Å². The highest BCUT2D eigenvalue weighted by molar-refractivity contribution is 7.99. The van der Waals surface area contributed by atoms with Crippen molar-refractivity contribution < 1.29 is 0 Å². The lowest BCUT2D eigenvalue weighted by Crippen LogP contribution is -1.86. The second-order valence-corrected chi connectivity index (χ2v) is 2.87. The van der Waals surface area contributed by atoms with Crippen LogP contribution in [0.3, 0.4) is 0 Å². The zero-order chi connectivity index (χ0) is 8.10. The van der Waals surface area contributed by atoms with Gasteiger partial charge in [0.1, 0.15) is 0 Å². The maximum Gasteiger partial charge on any atom is 0.0971 e. The second-order valence-electron chi connectivity index (χ2n) is 1.88. The summed E-state index contributed by atoms with van der Waals surface area (Å²) in [5, 5.41) is 9.09. The van der Waals surface area contributed by atoms with Crippen molar-refractivity contribution in [3.05, 3.63) is 18.3 Å². The van der Waals surface area contributed by atoms with Gasteiger partial charge in [-0.15, -0.1) is 0 Å². The molecule has 1 rings (SSSR count). The summed E-state index contributed by atoms with van der Waals surface area (Å²) in [7, 11) is 0. The Balaban J connectivity index is 2.60. The molecule has 0 spiro atoms. The number of aromatic nitrogens is 1. The third kappa shape index (κ3) is 2.48. The van der Waals surface area contributed by atoms with Crippen LogP contribution < -0.4 is 5.73 Å². The van der Waals surface area contributed by atoms with Crippen LogP contribution in [0.25, 0.3) is 0 Å². The van der Waals surface area contributed by atoms with Gasteiger partial charge in [0.05, 0.1) is 28.7 Å². The molecule has 56 valence electrons. The number of nitrogens with zero attached hydrogens (tertiary/aromatic N) is 2. The third-order valence-electron chi connectivity index (χ3n) is 1.04. The van der Waals surface area contributed by atoms with E-state index < -0.39 is 0 Å². The summed E-state index contributed by atoms with van der Waals surface area (Å²) in [6.07, 6.45) is 1.58. The smallest absolute Gasteiger partial charge is 0.0971 e. The molecule has 0 aliphatic heterocycles. The van der Waals surface area contributed by atoms with E-state index in [0.29, 0.717) is 11.4 Å². The van der Waals surface area contributed by atoms with Gasteiger partial charge in [0.2, 0.25) is 0 Å². The Labute approximate surface area is 69.2 Å². The summed E-state index contributed by atoms with van der Waals surface area (Å²) in [4.78, 5) is 4.00. The first-order valence-corrected chi connectivity index (χ1v) is 4.03. The molecule has 1 aromatic heterocycles. The number of hydrogen-bond acceptors (Lipinski definition) is 4. The summed E-state index contributed by atoms with van der Waals surface area (Å²) < 4.78 is 0. The number of nitrogens with two attached hydrogens (primary N) is 1. The van der Waals surface area contributed by atoms with Crippen LogP contribution >= 0.6 is 11.8 Å². The fourth-order valence-corrected chi connectivity index (χ4v) is 1.09. The molecule has 0 aromatic carbocycles. The van der Waals surface area contributed by atoms with E-state index >= 15 is 0 Å². The largest absolute Gasteiger partial charge is 0.397 e. The maximum absolute atomic E-state index is 8.26. The van der Waals surface area contributed by atoms with Crippen molar-refractivity contribution in [2.75, 3.05) is 11.5 Å². The van der Waals surface area contributed by atoms with Crippen LogP contribution in [-0.4, -0.2) is 10.7 Å². The van der Waals surface area contributed by atoms with Gasteiger partial charge in [-0.3, -0.25) is 0 Å². The number of pyridine rings is 1. The minimum atomic E-state index is 0.427. The van der Waals surface area contributed by atoms with Gasteiger partial charge in [-0.25, -0.2) is 4.98 Å². The summed E-state index contributed by atoms with van der Waals surface area (Å²) in [5.41, 5.74) is 6.06. The van der Waals surface area contributed by atoms with Gasteiger partial charge >= 0.3 is 0 Å². The molecule has 0 saturated carbocycles. The predicted octanol–water partition coefficient (Wildman–Crippen LogP) is 1.28. The van der Waals surface area contributed by atoms with Gasteiger partial charge in [0, 0.05) is 0 Å².